The van der Waals surface area contributed by atoms with Crippen LogP contribution in [0.3, 0.4) is 0 Å². The molecule has 0 spiro atoms. The SMILES string of the molecule is COc1ccc(C(Nc2cccc(Br)c2)C(=O)O)cc1. The first kappa shape index (κ1) is 14.4. The van der Waals surface area contributed by atoms with Gasteiger partial charge in [-0.15, -0.1) is 0 Å². The van der Waals surface area contributed by atoms with E-state index in [0.29, 0.717) is 11.3 Å². The zero-order chi connectivity index (χ0) is 14.5. The van der Waals surface area contributed by atoms with Crippen LogP contribution in [-0.4, -0.2) is 18.2 Å². The lowest BCUT2D eigenvalue weighted by molar-refractivity contribution is -0.138. The van der Waals surface area contributed by atoms with Crippen LogP contribution in [0.4, 0.5) is 5.69 Å². The second-order valence-electron chi connectivity index (χ2n) is 4.20. The summed E-state index contributed by atoms with van der Waals surface area (Å²) in [6.07, 6.45) is 0. The van der Waals surface area contributed by atoms with E-state index in [1.807, 2.05) is 24.3 Å². The number of rotatable bonds is 5. The molecule has 2 N–H and O–H groups in total. The van der Waals surface area contributed by atoms with Gasteiger partial charge in [0, 0.05) is 10.2 Å². The Morgan fingerprint density at radius 1 is 1.25 bits per heavy atom. The van der Waals surface area contributed by atoms with E-state index in [1.165, 1.54) is 0 Å². The highest BCUT2D eigenvalue weighted by Gasteiger charge is 2.19. The number of ether oxygens (including phenoxy) is 1. The lowest BCUT2D eigenvalue weighted by atomic mass is 10.1. The van der Waals surface area contributed by atoms with Gasteiger partial charge in [0.15, 0.2) is 6.04 Å². The maximum absolute atomic E-state index is 11.4. The molecule has 0 fully saturated rings. The van der Waals surface area contributed by atoms with Crippen LogP contribution in [0.15, 0.2) is 53.0 Å². The van der Waals surface area contributed by atoms with Crippen LogP contribution in [0.2, 0.25) is 0 Å². The van der Waals surface area contributed by atoms with E-state index < -0.39 is 12.0 Å². The Balaban J connectivity index is 2.24. The number of halogens is 1. The molecule has 0 aliphatic rings. The van der Waals surface area contributed by atoms with Crippen LogP contribution in [0.5, 0.6) is 5.75 Å². The van der Waals surface area contributed by atoms with Crippen molar-refractivity contribution >= 4 is 27.6 Å². The number of carboxylic acids is 1. The van der Waals surface area contributed by atoms with Gasteiger partial charge in [-0.1, -0.05) is 34.1 Å². The standard InChI is InChI=1S/C15H14BrNO3/c1-20-13-7-5-10(6-8-13)14(15(18)19)17-12-4-2-3-11(16)9-12/h2-9,14,17H,1H3,(H,18,19). The average molecular weight is 336 g/mol. The summed E-state index contributed by atoms with van der Waals surface area (Å²) < 4.78 is 5.96. The highest BCUT2D eigenvalue weighted by atomic mass is 79.9. The number of methoxy groups -OCH3 is 1. The smallest absolute Gasteiger partial charge is 0.330 e. The molecule has 0 aliphatic carbocycles. The predicted molar refractivity (Wildman–Crippen MR) is 81.1 cm³/mol. The first-order valence-electron chi connectivity index (χ1n) is 5.99. The summed E-state index contributed by atoms with van der Waals surface area (Å²) in [4.78, 5) is 11.4. The van der Waals surface area contributed by atoms with Crippen molar-refractivity contribution in [2.45, 2.75) is 6.04 Å². The summed E-state index contributed by atoms with van der Waals surface area (Å²) >= 11 is 3.36. The fraction of sp³-hybridized carbons (Fsp3) is 0.133. The minimum atomic E-state index is -0.935. The van der Waals surface area contributed by atoms with Gasteiger partial charge < -0.3 is 15.2 Å². The third-order valence-electron chi connectivity index (χ3n) is 2.83. The Morgan fingerprint density at radius 2 is 1.95 bits per heavy atom. The Morgan fingerprint density at radius 3 is 2.50 bits per heavy atom. The first-order chi connectivity index (χ1) is 9.60. The molecule has 0 heterocycles. The van der Waals surface area contributed by atoms with Crippen molar-refractivity contribution in [1.82, 2.24) is 0 Å². The molecule has 0 aliphatic heterocycles. The number of anilines is 1. The van der Waals surface area contributed by atoms with Gasteiger partial charge in [0.25, 0.3) is 0 Å². The molecule has 0 saturated carbocycles. The molecule has 1 unspecified atom stereocenters. The van der Waals surface area contributed by atoms with Crippen LogP contribution in [0.1, 0.15) is 11.6 Å². The maximum Gasteiger partial charge on any atom is 0.330 e. The molecule has 2 rings (SSSR count). The molecule has 5 heteroatoms. The Kier molecular flexibility index (Phi) is 4.63. The van der Waals surface area contributed by atoms with Gasteiger partial charge in [-0.25, -0.2) is 4.79 Å². The summed E-state index contributed by atoms with van der Waals surface area (Å²) in [5, 5.41) is 12.4. The third-order valence-corrected chi connectivity index (χ3v) is 3.32. The van der Waals surface area contributed by atoms with Crippen molar-refractivity contribution in [3.63, 3.8) is 0 Å². The number of nitrogens with one attached hydrogen (secondary N) is 1. The molecule has 0 radical (unpaired) electrons. The molecule has 0 amide bonds. The second kappa shape index (κ2) is 6.43. The van der Waals surface area contributed by atoms with Crippen LogP contribution in [-0.2, 0) is 4.79 Å². The Labute approximate surface area is 125 Å². The molecule has 104 valence electrons. The molecule has 2 aromatic carbocycles. The summed E-state index contributed by atoms with van der Waals surface area (Å²) in [5.41, 5.74) is 1.40. The van der Waals surface area contributed by atoms with E-state index in [4.69, 9.17) is 4.74 Å². The molecule has 2 aromatic rings. The Hall–Kier alpha value is -2.01. The van der Waals surface area contributed by atoms with Gasteiger partial charge in [0.1, 0.15) is 5.75 Å². The van der Waals surface area contributed by atoms with E-state index in [2.05, 4.69) is 21.2 Å². The van der Waals surface area contributed by atoms with Gasteiger partial charge in [0.2, 0.25) is 0 Å². The molecule has 20 heavy (non-hydrogen) atoms. The summed E-state index contributed by atoms with van der Waals surface area (Å²) in [7, 11) is 1.57. The fourth-order valence-corrected chi connectivity index (χ4v) is 2.23. The zero-order valence-electron chi connectivity index (χ0n) is 10.8. The van der Waals surface area contributed by atoms with Crippen LogP contribution in [0.25, 0.3) is 0 Å². The van der Waals surface area contributed by atoms with Crippen LogP contribution < -0.4 is 10.1 Å². The minimum Gasteiger partial charge on any atom is -0.497 e. The number of benzene rings is 2. The van der Waals surface area contributed by atoms with Crippen molar-refractivity contribution in [1.29, 1.82) is 0 Å². The quantitative estimate of drug-likeness (QED) is 0.874. The highest BCUT2D eigenvalue weighted by molar-refractivity contribution is 9.10. The molecule has 4 nitrogen and oxygen atoms in total. The van der Waals surface area contributed by atoms with Gasteiger partial charge in [-0.05, 0) is 35.9 Å². The molecule has 0 aromatic heterocycles. The fourth-order valence-electron chi connectivity index (χ4n) is 1.83. The van der Waals surface area contributed by atoms with Crippen LogP contribution in [0, 0.1) is 0 Å². The maximum atomic E-state index is 11.4. The van der Waals surface area contributed by atoms with Gasteiger partial charge >= 0.3 is 5.97 Å². The van der Waals surface area contributed by atoms with Crippen molar-refractivity contribution in [3.05, 3.63) is 58.6 Å². The van der Waals surface area contributed by atoms with E-state index in [-0.39, 0.29) is 0 Å². The normalized spacial score (nSPS) is 11.7. The lowest BCUT2D eigenvalue weighted by Crippen LogP contribution is -2.20. The van der Waals surface area contributed by atoms with E-state index in [9.17, 15) is 9.90 Å². The van der Waals surface area contributed by atoms with Gasteiger partial charge in [0.05, 0.1) is 7.11 Å². The number of carbonyl (C=O) groups is 1. The van der Waals surface area contributed by atoms with Gasteiger partial charge in [-0.3, -0.25) is 0 Å². The monoisotopic (exact) mass is 335 g/mol. The van der Waals surface area contributed by atoms with E-state index >= 15 is 0 Å². The third kappa shape index (κ3) is 3.51. The second-order valence-corrected chi connectivity index (χ2v) is 5.11. The van der Waals surface area contributed by atoms with E-state index in [1.54, 1.807) is 31.4 Å². The number of carboxylic acid groups (broad SMARTS) is 1. The van der Waals surface area contributed by atoms with E-state index in [0.717, 1.165) is 10.2 Å². The number of hydrogen-bond acceptors (Lipinski definition) is 3. The summed E-state index contributed by atoms with van der Waals surface area (Å²) in [5.74, 6) is -0.240. The largest absolute Gasteiger partial charge is 0.497 e. The molecule has 0 bridgehead atoms. The molecular formula is C15H14BrNO3. The molecule has 0 saturated heterocycles. The number of hydrogen-bond donors (Lipinski definition) is 2. The van der Waals surface area contributed by atoms with Crippen molar-refractivity contribution < 1.29 is 14.6 Å². The van der Waals surface area contributed by atoms with Crippen molar-refractivity contribution in [3.8, 4) is 5.75 Å². The van der Waals surface area contributed by atoms with Crippen molar-refractivity contribution in [2.75, 3.05) is 12.4 Å². The first-order valence-corrected chi connectivity index (χ1v) is 6.78. The zero-order valence-corrected chi connectivity index (χ0v) is 12.4. The minimum absolute atomic E-state index is 0.665. The van der Waals surface area contributed by atoms with Gasteiger partial charge in [-0.2, -0.15) is 0 Å². The van der Waals surface area contributed by atoms with Crippen molar-refractivity contribution in [2.24, 2.45) is 0 Å². The molecule has 1 atom stereocenters. The summed E-state index contributed by atoms with van der Waals surface area (Å²) in [6.45, 7) is 0. The summed E-state index contributed by atoms with van der Waals surface area (Å²) in [6, 6.07) is 13.5. The number of aliphatic carboxylic acids is 1. The topological polar surface area (TPSA) is 58.6 Å². The predicted octanol–water partition coefficient (Wildman–Crippen LogP) is 3.70. The highest BCUT2D eigenvalue weighted by Crippen LogP contribution is 2.24. The lowest BCUT2D eigenvalue weighted by Gasteiger charge is -2.16. The van der Waals surface area contributed by atoms with Crippen LogP contribution >= 0.6 is 15.9 Å². The average Bonchev–Trinajstić information content (AvgIpc) is 2.45. The Bertz CT molecular complexity index is 598. The molecular weight excluding hydrogens is 322 g/mol.